The summed E-state index contributed by atoms with van der Waals surface area (Å²) in [5, 5.41) is 17.8. The first-order valence-corrected chi connectivity index (χ1v) is 10.1. The average molecular weight is 408 g/mol. The van der Waals surface area contributed by atoms with Gasteiger partial charge in [-0.25, -0.2) is 4.79 Å². The summed E-state index contributed by atoms with van der Waals surface area (Å²) < 4.78 is 1.63. The zero-order valence-electron chi connectivity index (χ0n) is 17.9. The fourth-order valence-corrected chi connectivity index (χ4v) is 3.29. The number of nitrogens with one attached hydrogen (secondary N) is 2. The van der Waals surface area contributed by atoms with Gasteiger partial charge in [-0.2, -0.15) is 4.68 Å². The smallest absolute Gasteiger partial charge is 0.315 e. The molecule has 2 unspecified atom stereocenters. The number of aryl methyl sites for hydroxylation is 1. The normalized spacial score (nSPS) is 13.1. The van der Waals surface area contributed by atoms with Crippen molar-refractivity contribution in [2.45, 2.75) is 32.4 Å². The molecule has 3 rings (SSSR count). The Hall–Kier alpha value is -3.26. The van der Waals surface area contributed by atoms with Crippen molar-refractivity contribution in [3.8, 4) is 5.69 Å². The van der Waals surface area contributed by atoms with E-state index in [4.69, 9.17) is 0 Å². The zero-order valence-corrected chi connectivity index (χ0v) is 17.9. The number of carbonyl (C=O) groups excluding carboxylic acids is 1. The minimum atomic E-state index is -0.359. The molecule has 158 valence electrons. The minimum Gasteiger partial charge on any atom is -0.336 e. The molecule has 1 heterocycles. The van der Waals surface area contributed by atoms with Crippen molar-refractivity contribution in [2.75, 3.05) is 20.6 Å². The van der Waals surface area contributed by atoms with Gasteiger partial charge >= 0.3 is 6.03 Å². The van der Waals surface area contributed by atoms with E-state index in [1.54, 1.807) is 4.68 Å². The van der Waals surface area contributed by atoms with E-state index in [1.165, 1.54) is 11.1 Å². The van der Waals surface area contributed by atoms with Crippen molar-refractivity contribution < 1.29 is 4.79 Å². The van der Waals surface area contributed by atoms with Crippen LogP contribution in [0.1, 0.15) is 42.9 Å². The van der Waals surface area contributed by atoms with E-state index in [2.05, 4.69) is 62.2 Å². The number of likely N-dealkylation sites (N-methyl/N-ethyl adjacent to an activating group) is 1. The molecule has 0 bridgehead atoms. The molecule has 8 heteroatoms. The van der Waals surface area contributed by atoms with Crippen LogP contribution in [-0.2, 0) is 6.42 Å². The van der Waals surface area contributed by atoms with E-state index in [-0.39, 0.29) is 18.1 Å². The quantitative estimate of drug-likeness (QED) is 0.599. The molecule has 2 atom stereocenters. The number of urea groups is 1. The molecular formula is C22H29N7O. The van der Waals surface area contributed by atoms with E-state index in [0.29, 0.717) is 12.4 Å². The van der Waals surface area contributed by atoms with Crippen molar-refractivity contribution in [2.24, 2.45) is 0 Å². The Morgan fingerprint density at radius 2 is 1.80 bits per heavy atom. The minimum absolute atomic E-state index is 0.0756. The van der Waals surface area contributed by atoms with E-state index >= 15 is 0 Å². The highest BCUT2D eigenvalue weighted by atomic mass is 16.2. The van der Waals surface area contributed by atoms with Crippen molar-refractivity contribution >= 4 is 6.03 Å². The van der Waals surface area contributed by atoms with Crippen LogP contribution in [0.5, 0.6) is 0 Å². The van der Waals surface area contributed by atoms with Gasteiger partial charge in [-0.15, -0.1) is 5.10 Å². The van der Waals surface area contributed by atoms with Crippen LogP contribution in [0.15, 0.2) is 54.6 Å². The summed E-state index contributed by atoms with van der Waals surface area (Å²) in [7, 11) is 4.02. The Morgan fingerprint density at radius 3 is 2.43 bits per heavy atom. The van der Waals surface area contributed by atoms with Gasteiger partial charge in [0.05, 0.1) is 17.8 Å². The van der Waals surface area contributed by atoms with Crippen LogP contribution in [0.2, 0.25) is 0 Å². The molecule has 2 aromatic carbocycles. The van der Waals surface area contributed by atoms with Crippen LogP contribution in [0.4, 0.5) is 4.79 Å². The number of hydrogen-bond donors (Lipinski definition) is 2. The summed E-state index contributed by atoms with van der Waals surface area (Å²) in [5.74, 6) is 0.565. The van der Waals surface area contributed by atoms with Crippen LogP contribution < -0.4 is 10.6 Å². The summed E-state index contributed by atoms with van der Waals surface area (Å²) in [6.45, 7) is 4.48. The number of tetrazole rings is 1. The maximum Gasteiger partial charge on any atom is 0.315 e. The Balaban J connectivity index is 1.61. The van der Waals surface area contributed by atoms with E-state index in [9.17, 15) is 4.79 Å². The standard InChI is InChI=1S/C22H29N7O/c1-5-17-11-13-18(14-12-17)20(28(3)4)15-23-22(30)24-16(2)21-25-26-27-29(21)19-9-7-6-8-10-19/h6-14,16,20H,5,15H2,1-4H3,(H2,23,24,30). The highest BCUT2D eigenvalue weighted by Crippen LogP contribution is 2.18. The molecule has 0 saturated carbocycles. The third-order valence-electron chi connectivity index (χ3n) is 5.08. The molecule has 1 aromatic heterocycles. The lowest BCUT2D eigenvalue weighted by molar-refractivity contribution is 0.229. The number of aromatic nitrogens is 4. The summed E-state index contributed by atoms with van der Waals surface area (Å²) in [4.78, 5) is 14.6. The number of amides is 2. The van der Waals surface area contributed by atoms with Crippen LogP contribution in [0.3, 0.4) is 0 Å². The maximum atomic E-state index is 12.5. The van der Waals surface area contributed by atoms with Gasteiger partial charge < -0.3 is 15.5 Å². The fraction of sp³-hybridized carbons (Fsp3) is 0.364. The Kier molecular flexibility index (Phi) is 7.13. The molecule has 0 fully saturated rings. The molecule has 0 radical (unpaired) electrons. The van der Waals surface area contributed by atoms with Crippen molar-refractivity contribution in [3.05, 3.63) is 71.5 Å². The Labute approximate surface area is 177 Å². The molecular weight excluding hydrogens is 378 g/mol. The lowest BCUT2D eigenvalue weighted by Crippen LogP contribution is -2.41. The molecule has 0 saturated heterocycles. The SMILES string of the molecule is CCc1ccc(C(CNC(=O)NC(C)c2nnnn2-c2ccccc2)N(C)C)cc1. The summed E-state index contributed by atoms with van der Waals surface area (Å²) in [6.07, 6.45) is 1.01. The molecule has 30 heavy (non-hydrogen) atoms. The second-order valence-electron chi connectivity index (χ2n) is 7.44. The molecule has 8 nitrogen and oxygen atoms in total. The highest BCUT2D eigenvalue weighted by Gasteiger charge is 2.19. The lowest BCUT2D eigenvalue weighted by atomic mass is 10.0. The maximum absolute atomic E-state index is 12.5. The predicted octanol–water partition coefficient (Wildman–Crippen LogP) is 2.89. The largest absolute Gasteiger partial charge is 0.336 e. The molecule has 0 aliphatic rings. The second kappa shape index (κ2) is 9.98. The van der Waals surface area contributed by atoms with Crippen LogP contribution in [0.25, 0.3) is 5.69 Å². The Bertz CT molecular complexity index is 938. The Morgan fingerprint density at radius 1 is 1.10 bits per heavy atom. The van der Waals surface area contributed by atoms with E-state index in [1.807, 2.05) is 51.4 Å². The molecule has 0 aliphatic carbocycles. The number of para-hydroxylation sites is 1. The first-order valence-electron chi connectivity index (χ1n) is 10.1. The average Bonchev–Trinajstić information content (AvgIpc) is 3.25. The molecule has 2 amide bonds. The highest BCUT2D eigenvalue weighted by molar-refractivity contribution is 5.74. The number of benzene rings is 2. The number of hydrogen-bond acceptors (Lipinski definition) is 5. The summed E-state index contributed by atoms with van der Waals surface area (Å²) in [5.41, 5.74) is 3.31. The molecule has 0 aliphatic heterocycles. The molecule has 2 N–H and O–H groups in total. The van der Waals surface area contributed by atoms with Gasteiger partial charge in [0.25, 0.3) is 0 Å². The number of rotatable bonds is 8. The van der Waals surface area contributed by atoms with Gasteiger partial charge in [0.2, 0.25) is 0 Å². The van der Waals surface area contributed by atoms with Gasteiger partial charge in [0.15, 0.2) is 5.82 Å². The van der Waals surface area contributed by atoms with E-state index in [0.717, 1.165) is 12.1 Å². The van der Waals surface area contributed by atoms with Crippen molar-refractivity contribution in [1.29, 1.82) is 0 Å². The third kappa shape index (κ3) is 5.21. The second-order valence-corrected chi connectivity index (χ2v) is 7.44. The summed E-state index contributed by atoms with van der Waals surface area (Å²) in [6, 6.07) is 17.6. The molecule has 0 spiro atoms. The first kappa shape index (κ1) is 21.4. The third-order valence-corrected chi connectivity index (χ3v) is 5.08. The topological polar surface area (TPSA) is 88.0 Å². The number of nitrogens with zero attached hydrogens (tertiary/aromatic N) is 5. The van der Waals surface area contributed by atoms with E-state index < -0.39 is 0 Å². The van der Waals surface area contributed by atoms with Crippen LogP contribution >= 0.6 is 0 Å². The van der Waals surface area contributed by atoms with Gasteiger partial charge in [-0.1, -0.05) is 49.4 Å². The van der Waals surface area contributed by atoms with Gasteiger partial charge in [0.1, 0.15) is 0 Å². The van der Waals surface area contributed by atoms with Crippen molar-refractivity contribution in [1.82, 2.24) is 35.7 Å². The molecule has 3 aromatic rings. The number of carbonyl (C=O) groups is 1. The van der Waals surface area contributed by atoms with Crippen molar-refractivity contribution in [3.63, 3.8) is 0 Å². The van der Waals surface area contributed by atoms with Gasteiger partial charge in [-0.05, 0) is 61.1 Å². The van der Waals surface area contributed by atoms with Crippen LogP contribution in [-0.4, -0.2) is 51.8 Å². The first-order chi connectivity index (χ1) is 14.5. The lowest BCUT2D eigenvalue weighted by Gasteiger charge is -2.25. The fourth-order valence-electron chi connectivity index (χ4n) is 3.29. The predicted molar refractivity (Wildman–Crippen MR) is 116 cm³/mol. The summed E-state index contributed by atoms with van der Waals surface area (Å²) >= 11 is 0. The zero-order chi connectivity index (χ0) is 21.5. The van der Waals surface area contributed by atoms with Gasteiger partial charge in [0, 0.05) is 6.54 Å². The van der Waals surface area contributed by atoms with Gasteiger partial charge in [-0.3, -0.25) is 0 Å². The monoisotopic (exact) mass is 407 g/mol. The van der Waals surface area contributed by atoms with Crippen LogP contribution in [0, 0.1) is 0 Å².